The SMILES string of the molecule is Cc1ccc2cc(-c3c4ccccc4c(-c4ccc(/C=C(/C=C\C=N)c5ccccn5)c5ccccc45)c4ccccc34)ccc2c1. The summed E-state index contributed by atoms with van der Waals surface area (Å²) >= 11 is 0. The van der Waals surface area contributed by atoms with Gasteiger partial charge in [0.15, 0.2) is 0 Å². The Labute approximate surface area is 274 Å². The van der Waals surface area contributed by atoms with Crippen molar-refractivity contribution in [1.82, 2.24) is 4.98 Å². The van der Waals surface area contributed by atoms with Gasteiger partial charge in [0.2, 0.25) is 0 Å². The molecule has 0 atom stereocenters. The van der Waals surface area contributed by atoms with Gasteiger partial charge in [-0.3, -0.25) is 4.98 Å². The first kappa shape index (κ1) is 28.4. The molecule has 8 rings (SSSR count). The second-order valence-corrected chi connectivity index (χ2v) is 12.0. The summed E-state index contributed by atoms with van der Waals surface area (Å²) in [5.74, 6) is 0. The minimum atomic E-state index is 0.871. The lowest BCUT2D eigenvalue weighted by Gasteiger charge is -2.19. The van der Waals surface area contributed by atoms with Crippen LogP contribution >= 0.6 is 0 Å². The van der Waals surface area contributed by atoms with Crippen LogP contribution in [0.4, 0.5) is 0 Å². The van der Waals surface area contributed by atoms with E-state index in [1.54, 1.807) is 12.3 Å². The molecule has 0 saturated heterocycles. The molecule has 0 spiro atoms. The smallest absolute Gasteiger partial charge is 0.0702 e. The van der Waals surface area contributed by atoms with Gasteiger partial charge in [-0.15, -0.1) is 0 Å². The average Bonchev–Trinajstić information content (AvgIpc) is 3.12. The van der Waals surface area contributed by atoms with Crippen LogP contribution in [0.15, 0.2) is 158 Å². The number of nitrogens with one attached hydrogen (secondary N) is 1. The van der Waals surface area contributed by atoms with Crippen molar-refractivity contribution in [3.63, 3.8) is 0 Å². The summed E-state index contributed by atoms with van der Waals surface area (Å²) in [6, 6.07) is 50.4. The number of rotatable bonds is 6. The molecule has 1 aromatic heterocycles. The monoisotopic (exact) mass is 600 g/mol. The highest BCUT2D eigenvalue weighted by Gasteiger charge is 2.18. The predicted molar refractivity (Wildman–Crippen MR) is 202 cm³/mol. The molecule has 0 aliphatic carbocycles. The number of fused-ring (bicyclic) bond motifs is 4. The lowest BCUT2D eigenvalue weighted by Crippen LogP contribution is -1.93. The van der Waals surface area contributed by atoms with Crippen molar-refractivity contribution in [3.8, 4) is 22.3 Å². The molecular formula is C45H32N2. The van der Waals surface area contributed by atoms with Crippen LogP contribution in [0.5, 0.6) is 0 Å². The van der Waals surface area contributed by atoms with Crippen LogP contribution in [0, 0.1) is 12.3 Å². The highest BCUT2D eigenvalue weighted by atomic mass is 14.7. The highest BCUT2D eigenvalue weighted by molar-refractivity contribution is 6.24. The first-order valence-electron chi connectivity index (χ1n) is 16.0. The van der Waals surface area contributed by atoms with E-state index in [2.05, 4.69) is 139 Å². The molecule has 0 saturated carbocycles. The van der Waals surface area contributed by atoms with E-state index >= 15 is 0 Å². The van der Waals surface area contributed by atoms with Crippen LogP contribution in [0.25, 0.3) is 77.0 Å². The summed E-state index contributed by atoms with van der Waals surface area (Å²) in [7, 11) is 0. The average molecular weight is 601 g/mol. The van der Waals surface area contributed by atoms with Crippen LogP contribution in [-0.4, -0.2) is 11.2 Å². The number of pyridine rings is 1. The molecule has 0 amide bonds. The van der Waals surface area contributed by atoms with Gasteiger partial charge < -0.3 is 5.41 Å². The van der Waals surface area contributed by atoms with E-state index in [4.69, 9.17) is 5.41 Å². The fourth-order valence-corrected chi connectivity index (χ4v) is 6.98. The Bertz CT molecular complexity index is 2480. The lowest BCUT2D eigenvalue weighted by atomic mass is 9.84. The molecule has 7 aromatic carbocycles. The van der Waals surface area contributed by atoms with Crippen molar-refractivity contribution in [2.24, 2.45) is 0 Å². The van der Waals surface area contributed by atoms with Gasteiger partial charge in [0.25, 0.3) is 0 Å². The fourth-order valence-electron chi connectivity index (χ4n) is 6.98. The zero-order valence-electron chi connectivity index (χ0n) is 26.1. The van der Waals surface area contributed by atoms with Crippen molar-refractivity contribution in [2.45, 2.75) is 6.92 Å². The van der Waals surface area contributed by atoms with Crippen LogP contribution < -0.4 is 0 Å². The van der Waals surface area contributed by atoms with Crippen molar-refractivity contribution in [1.29, 1.82) is 5.41 Å². The van der Waals surface area contributed by atoms with E-state index < -0.39 is 0 Å². The highest BCUT2D eigenvalue weighted by Crippen LogP contribution is 2.46. The predicted octanol–water partition coefficient (Wildman–Crippen LogP) is 12.1. The van der Waals surface area contributed by atoms with E-state index in [-0.39, 0.29) is 0 Å². The minimum Gasteiger partial charge on any atom is -0.309 e. The quantitative estimate of drug-likeness (QED) is 0.115. The molecule has 1 N–H and O–H groups in total. The summed E-state index contributed by atoms with van der Waals surface area (Å²) in [4.78, 5) is 4.60. The zero-order valence-corrected chi connectivity index (χ0v) is 26.1. The molecule has 0 bridgehead atoms. The Morgan fingerprint density at radius 3 is 1.87 bits per heavy atom. The van der Waals surface area contributed by atoms with Crippen LogP contribution in [0.2, 0.25) is 0 Å². The van der Waals surface area contributed by atoms with Crippen molar-refractivity contribution in [2.75, 3.05) is 0 Å². The number of hydrogen-bond donors (Lipinski definition) is 1. The Morgan fingerprint density at radius 1 is 0.574 bits per heavy atom. The Balaban J connectivity index is 1.40. The summed E-state index contributed by atoms with van der Waals surface area (Å²) in [6.45, 7) is 2.15. The number of hydrogen-bond acceptors (Lipinski definition) is 2. The number of aryl methyl sites for hydroxylation is 1. The molecule has 0 radical (unpaired) electrons. The summed E-state index contributed by atoms with van der Waals surface area (Å²) < 4.78 is 0. The maximum absolute atomic E-state index is 7.58. The molecule has 2 heteroatoms. The standard InChI is InChI=1S/C45H32N2/c1-30-19-20-32-28-35(22-21-31(32)27-30)44-38-14-4-6-16-40(38)45(41-17-7-5-15-39(41)44)42-24-23-33(36-12-2-3-13-37(36)42)29-34(11-10-25-46)43-18-8-9-26-47-43/h2-29,46H,1H3/b11-10-,34-29-,46-25?. The summed E-state index contributed by atoms with van der Waals surface area (Å²) in [6.07, 6.45) is 8.98. The number of allylic oxidation sites excluding steroid dienone is 3. The van der Waals surface area contributed by atoms with Crippen LogP contribution in [0.3, 0.4) is 0 Å². The Morgan fingerprint density at radius 2 is 1.19 bits per heavy atom. The lowest BCUT2D eigenvalue weighted by molar-refractivity contribution is 1.28. The fraction of sp³-hybridized carbons (Fsp3) is 0.0222. The third kappa shape index (κ3) is 5.10. The molecule has 0 unspecified atom stereocenters. The number of nitrogens with zero attached hydrogens (tertiary/aromatic N) is 1. The number of benzene rings is 7. The topological polar surface area (TPSA) is 36.7 Å². The van der Waals surface area contributed by atoms with Gasteiger partial charge in [-0.05, 0) is 108 Å². The van der Waals surface area contributed by atoms with Crippen molar-refractivity contribution >= 4 is 61.0 Å². The second kappa shape index (κ2) is 12.0. The third-order valence-corrected chi connectivity index (χ3v) is 9.09. The van der Waals surface area contributed by atoms with E-state index in [0.717, 1.165) is 16.8 Å². The third-order valence-electron chi connectivity index (χ3n) is 9.09. The summed E-state index contributed by atoms with van der Waals surface area (Å²) in [5, 5.41) is 17.4. The molecule has 2 nitrogen and oxygen atoms in total. The second-order valence-electron chi connectivity index (χ2n) is 12.0. The molecular weight excluding hydrogens is 569 g/mol. The van der Waals surface area contributed by atoms with Crippen LogP contribution in [-0.2, 0) is 0 Å². The minimum absolute atomic E-state index is 0.871. The Kier molecular flexibility index (Phi) is 7.24. The molecule has 0 fully saturated rings. The van der Waals surface area contributed by atoms with Gasteiger partial charge in [0, 0.05) is 18.0 Å². The van der Waals surface area contributed by atoms with Gasteiger partial charge in [-0.25, -0.2) is 0 Å². The Hall–Kier alpha value is -6.12. The normalized spacial score (nSPS) is 12.1. The summed E-state index contributed by atoms with van der Waals surface area (Å²) in [5.41, 5.74) is 9.16. The maximum Gasteiger partial charge on any atom is 0.0702 e. The zero-order chi connectivity index (χ0) is 31.7. The first-order chi connectivity index (χ1) is 23.2. The molecule has 8 aromatic rings. The van der Waals surface area contributed by atoms with Gasteiger partial charge in [0.1, 0.15) is 0 Å². The van der Waals surface area contributed by atoms with Crippen LogP contribution in [0.1, 0.15) is 16.8 Å². The molecule has 222 valence electrons. The molecule has 47 heavy (non-hydrogen) atoms. The molecule has 0 aliphatic rings. The largest absolute Gasteiger partial charge is 0.309 e. The van der Waals surface area contributed by atoms with Crippen molar-refractivity contribution in [3.05, 3.63) is 175 Å². The van der Waals surface area contributed by atoms with Gasteiger partial charge >= 0.3 is 0 Å². The van der Waals surface area contributed by atoms with E-state index in [1.807, 2.05) is 24.3 Å². The molecule has 1 heterocycles. The molecule has 0 aliphatic heterocycles. The maximum atomic E-state index is 7.58. The van der Waals surface area contributed by atoms with Gasteiger partial charge in [-0.2, -0.15) is 0 Å². The number of aromatic nitrogens is 1. The van der Waals surface area contributed by atoms with E-state index in [1.165, 1.54) is 77.1 Å². The first-order valence-corrected chi connectivity index (χ1v) is 16.0. The van der Waals surface area contributed by atoms with Gasteiger partial charge in [0.05, 0.1) is 5.69 Å². The van der Waals surface area contributed by atoms with Gasteiger partial charge in [-0.1, -0.05) is 133 Å². The van der Waals surface area contributed by atoms with Crippen molar-refractivity contribution < 1.29 is 0 Å². The van der Waals surface area contributed by atoms with E-state index in [0.29, 0.717) is 0 Å². The van der Waals surface area contributed by atoms with E-state index in [9.17, 15) is 0 Å².